The average Bonchev–Trinajstić information content (AvgIpc) is 2.83. The zero-order chi connectivity index (χ0) is 24.2. The standard InChI is InChI=1S/C22H22F3N3O5/c1-10-3-4-22(2,33)16-9-27(10)21(32)17-19(30)18(29)13(8-28(16)17)20(31)26-7-12-14(24)5-11(23)6-15(12)25/h5-6,8,10,16,30,33H,3-4,7,9H2,1-2H3,(H,26,31). The molecule has 3 unspecified atom stereocenters. The molecule has 0 aliphatic carbocycles. The van der Waals surface area contributed by atoms with Gasteiger partial charge in [0.15, 0.2) is 11.4 Å². The number of hydrogen-bond donors (Lipinski definition) is 3. The molecule has 2 aliphatic heterocycles. The number of fused-ring (bicyclic) bond motifs is 4. The normalized spacial score (nSPS) is 24.3. The molecule has 4 rings (SSSR count). The van der Waals surface area contributed by atoms with Crippen molar-refractivity contribution in [3.8, 4) is 5.75 Å². The monoisotopic (exact) mass is 465 g/mol. The summed E-state index contributed by atoms with van der Waals surface area (Å²) >= 11 is 0. The second-order valence-electron chi connectivity index (χ2n) is 8.73. The molecule has 2 amide bonds. The van der Waals surface area contributed by atoms with Gasteiger partial charge in [-0.25, -0.2) is 13.2 Å². The van der Waals surface area contributed by atoms with E-state index in [2.05, 4.69) is 5.32 Å². The molecule has 3 heterocycles. The molecule has 2 aliphatic rings. The first-order chi connectivity index (χ1) is 15.4. The van der Waals surface area contributed by atoms with E-state index in [0.29, 0.717) is 25.0 Å². The van der Waals surface area contributed by atoms with Crippen LogP contribution in [0.1, 0.15) is 59.1 Å². The van der Waals surface area contributed by atoms with Crippen molar-refractivity contribution in [1.82, 2.24) is 14.8 Å². The Hall–Kier alpha value is -3.34. The van der Waals surface area contributed by atoms with Crippen molar-refractivity contribution in [3.63, 3.8) is 0 Å². The fraction of sp³-hybridized carbons (Fsp3) is 0.409. The summed E-state index contributed by atoms with van der Waals surface area (Å²) in [5, 5.41) is 23.7. The predicted molar refractivity (Wildman–Crippen MR) is 109 cm³/mol. The Morgan fingerprint density at radius 2 is 1.88 bits per heavy atom. The van der Waals surface area contributed by atoms with Gasteiger partial charge in [0, 0.05) is 43.0 Å². The number of benzene rings is 1. The van der Waals surface area contributed by atoms with Gasteiger partial charge in [-0.05, 0) is 26.7 Å². The van der Waals surface area contributed by atoms with E-state index >= 15 is 0 Å². The predicted octanol–water partition coefficient (Wildman–Crippen LogP) is 1.83. The third kappa shape index (κ3) is 3.75. The Morgan fingerprint density at radius 1 is 1.24 bits per heavy atom. The largest absolute Gasteiger partial charge is 0.503 e. The number of aromatic nitrogens is 1. The van der Waals surface area contributed by atoms with E-state index in [0.717, 1.165) is 6.20 Å². The van der Waals surface area contributed by atoms with Crippen LogP contribution in [0.2, 0.25) is 0 Å². The molecule has 3 N–H and O–H groups in total. The first-order valence-corrected chi connectivity index (χ1v) is 10.4. The van der Waals surface area contributed by atoms with Crippen molar-refractivity contribution in [2.75, 3.05) is 6.54 Å². The van der Waals surface area contributed by atoms with Crippen molar-refractivity contribution >= 4 is 11.8 Å². The highest BCUT2D eigenvalue weighted by molar-refractivity contribution is 5.99. The number of aliphatic hydroxyl groups is 1. The summed E-state index contributed by atoms with van der Waals surface area (Å²) in [4.78, 5) is 39.9. The van der Waals surface area contributed by atoms with Gasteiger partial charge in [0.1, 0.15) is 23.0 Å². The molecule has 0 radical (unpaired) electrons. The summed E-state index contributed by atoms with van der Waals surface area (Å²) in [5.74, 6) is -6.18. The number of nitrogens with one attached hydrogen (secondary N) is 1. The molecule has 33 heavy (non-hydrogen) atoms. The molecular formula is C22H22F3N3O5. The number of carbonyl (C=O) groups excluding carboxylic acids is 2. The van der Waals surface area contributed by atoms with E-state index in [-0.39, 0.29) is 18.3 Å². The summed E-state index contributed by atoms with van der Waals surface area (Å²) < 4.78 is 42.0. The summed E-state index contributed by atoms with van der Waals surface area (Å²) in [7, 11) is 0. The van der Waals surface area contributed by atoms with Crippen LogP contribution in [0.5, 0.6) is 5.75 Å². The second kappa shape index (κ2) is 7.91. The van der Waals surface area contributed by atoms with Crippen LogP contribution in [0.25, 0.3) is 0 Å². The highest BCUT2D eigenvalue weighted by atomic mass is 19.1. The van der Waals surface area contributed by atoms with E-state index in [1.54, 1.807) is 13.8 Å². The van der Waals surface area contributed by atoms with Gasteiger partial charge in [-0.1, -0.05) is 0 Å². The lowest BCUT2D eigenvalue weighted by Crippen LogP contribution is -2.51. The van der Waals surface area contributed by atoms with E-state index in [9.17, 15) is 37.8 Å². The number of rotatable bonds is 3. The third-order valence-electron chi connectivity index (χ3n) is 6.47. The lowest BCUT2D eigenvalue weighted by molar-refractivity contribution is -0.00840. The van der Waals surface area contributed by atoms with Crippen LogP contribution in [-0.4, -0.2) is 49.7 Å². The van der Waals surface area contributed by atoms with Gasteiger partial charge in [-0.15, -0.1) is 0 Å². The molecular weight excluding hydrogens is 443 g/mol. The molecule has 1 aromatic heterocycles. The molecule has 1 fully saturated rings. The van der Waals surface area contributed by atoms with Crippen molar-refractivity contribution in [2.24, 2.45) is 0 Å². The molecule has 2 bridgehead atoms. The quantitative estimate of drug-likeness (QED) is 0.641. The minimum Gasteiger partial charge on any atom is -0.503 e. The number of amides is 2. The number of pyridine rings is 1. The third-order valence-corrected chi connectivity index (χ3v) is 6.47. The van der Waals surface area contributed by atoms with Gasteiger partial charge in [0.25, 0.3) is 11.8 Å². The van der Waals surface area contributed by atoms with Crippen molar-refractivity contribution < 1.29 is 33.0 Å². The van der Waals surface area contributed by atoms with Crippen LogP contribution < -0.4 is 10.7 Å². The number of nitrogens with zero attached hydrogens (tertiary/aromatic N) is 2. The van der Waals surface area contributed by atoms with Gasteiger partial charge >= 0.3 is 0 Å². The molecule has 0 saturated carbocycles. The number of halogens is 3. The van der Waals surface area contributed by atoms with Crippen LogP contribution in [0.3, 0.4) is 0 Å². The van der Waals surface area contributed by atoms with Gasteiger partial charge in [-0.3, -0.25) is 14.4 Å². The molecule has 1 aromatic carbocycles. The van der Waals surface area contributed by atoms with Gasteiger partial charge in [-0.2, -0.15) is 0 Å². The summed E-state index contributed by atoms with van der Waals surface area (Å²) in [5.41, 5.74) is -3.97. The number of aromatic hydroxyl groups is 1. The summed E-state index contributed by atoms with van der Waals surface area (Å²) in [6.07, 6.45) is 1.89. The molecule has 11 heteroatoms. The first-order valence-electron chi connectivity index (χ1n) is 10.4. The molecule has 176 valence electrons. The minimum absolute atomic E-state index is 0.107. The maximum absolute atomic E-state index is 13.9. The fourth-order valence-corrected chi connectivity index (χ4v) is 4.44. The lowest BCUT2D eigenvalue weighted by atomic mass is 9.90. The summed E-state index contributed by atoms with van der Waals surface area (Å²) in [6.45, 7) is 2.79. The Labute approximate surface area is 186 Å². The van der Waals surface area contributed by atoms with E-state index < -0.39 is 69.8 Å². The second-order valence-corrected chi connectivity index (χ2v) is 8.73. The van der Waals surface area contributed by atoms with Crippen LogP contribution in [0.15, 0.2) is 23.1 Å². The molecule has 8 nitrogen and oxygen atoms in total. The Balaban J connectivity index is 1.73. The van der Waals surface area contributed by atoms with Crippen LogP contribution >= 0.6 is 0 Å². The van der Waals surface area contributed by atoms with E-state index in [1.807, 2.05) is 0 Å². The topological polar surface area (TPSA) is 112 Å². The smallest absolute Gasteiger partial charge is 0.274 e. The molecule has 0 spiro atoms. The van der Waals surface area contributed by atoms with Crippen LogP contribution in [0, 0.1) is 17.5 Å². The van der Waals surface area contributed by atoms with Crippen LogP contribution in [-0.2, 0) is 6.54 Å². The van der Waals surface area contributed by atoms with E-state index in [1.165, 1.54) is 9.47 Å². The minimum atomic E-state index is -1.31. The SMILES string of the molecule is CC1CCC(C)(O)C2CN1C(=O)c1c(O)c(=O)c(C(=O)NCc3c(F)cc(F)cc3F)cn12. The Bertz CT molecular complexity index is 1200. The summed E-state index contributed by atoms with van der Waals surface area (Å²) in [6, 6.07) is -0.0752. The maximum atomic E-state index is 13.9. The van der Waals surface area contributed by atoms with Crippen molar-refractivity contribution in [2.45, 2.75) is 50.9 Å². The first kappa shape index (κ1) is 22.8. The Kier molecular flexibility index (Phi) is 5.47. The number of hydrogen-bond acceptors (Lipinski definition) is 5. The zero-order valence-electron chi connectivity index (χ0n) is 17.9. The molecule has 3 atom stereocenters. The number of carbonyl (C=O) groups is 2. The van der Waals surface area contributed by atoms with Crippen molar-refractivity contribution in [1.29, 1.82) is 0 Å². The highest BCUT2D eigenvalue weighted by Crippen LogP contribution is 2.39. The molecule has 1 saturated heterocycles. The maximum Gasteiger partial charge on any atom is 0.274 e. The Morgan fingerprint density at radius 3 is 2.52 bits per heavy atom. The molecule has 2 aromatic rings. The average molecular weight is 465 g/mol. The highest BCUT2D eigenvalue weighted by Gasteiger charge is 2.46. The zero-order valence-corrected chi connectivity index (χ0v) is 17.9. The van der Waals surface area contributed by atoms with Gasteiger partial charge < -0.3 is 25.0 Å². The van der Waals surface area contributed by atoms with Crippen molar-refractivity contribution in [3.05, 3.63) is 62.8 Å². The fourth-order valence-electron chi connectivity index (χ4n) is 4.44. The van der Waals surface area contributed by atoms with Gasteiger partial charge in [0.2, 0.25) is 5.43 Å². The van der Waals surface area contributed by atoms with Crippen LogP contribution in [0.4, 0.5) is 13.2 Å². The van der Waals surface area contributed by atoms with Gasteiger partial charge in [0.05, 0.1) is 11.6 Å². The van der Waals surface area contributed by atoms with E-state index in [4.69, 9.17) is 0 Å². The lowest BCUT2D eigenvalue weighted by Gasteiger charge is -2.41.